The van der Waals surface area contributed by atoms with Crippen molar-refractivity contribution in [3.63, 3.8) is 0 Å². The predicted molar refractivity (Wildman–Crippen MR) is 68.3 cm³/mol. The van der Waals surface area contributed by atoms with Gasteiger partial charge in [0.1, 0.15) is 5.75 Å². The molecule has 0 unspecified atom stereocenters. The van der Waals surface area contributed by atoms with E-state index >= 15 is 0 Å². The Bertz CT molecular complexity index is 380. The van der Waals surface area contributed by atoms with Crippen molar-refractivity contribution in [1.29, 1.82) is 0 Å². The highest BCUT2D eigenvalue weighted by atomic mass is 16.5. The van der Waals surface area contributed by atoms with Crippen molar-refractivity contribution >= 4 is 5.91 Å². The molecule has 0 radical (unpaired) electrons. The van der Waals surface area contributed by atoms with Gasteiger partial charge in [-0.3, -0.25) is 4.79 Å². The Labute approximate surface area is 107 Å². The average Bonchev–Trinajstić information content (AvgIpc) is 2.40. The number of ether oxygens (including phenoxy) is 1. The molecule has 0 aromatic heterocycles. The van der Waals surface area contributed by atoms with Crippen LogP contribution in [0.3, 0.4) is 0 Å². The number of nitrogens with one attached hydrogen (secondary N) is 1. The lowest BCUT2D eigenvalue weighted by molar-refractivity contribution is -0.125. The highest BCUT2D eigenvalue weighted by Gasteiger charge is 2.24. The fourth-order valence-corrected chi connectivity index (χ4v) is 2.19. The van der Waals surface area contributed by atoms with Gasteiger partial charge in [0, 0.05) is 0 Å². The van der Waals surface area contributed by atoms with Gasteiger partial charge in [-0.15, -0.1) is 0 Å². The highest BCUT2D eigenvalue weighted by molar-refractivity contribution is 5.77. The summed E-state index contributed by atoms with van der Waals surface area (Å²) in [5.74, 6) is 0.502. The standard InChI is InChI=1S/C14H19NO3/c16-13-9-5-4-8-12(13)15-14(17)10-18-11-6-2-1-3-7-11/h1-3,6-7,12-13,16H,4-5,8-10H2,(H,15,17)/t12-,13-/m1/s1. The van der Waals surface area contributed by atoms with E-state index in [2.05, 4.69) is 5.32 Å². The second-order valence-corrected chi connectivity index (χ2v) is 4.63. The van der Waals surface area contributed by atoms with E-state index in [4.69, 9.17) is 4.74 Å². The van der Waals surface area contributed by atoms with Crippen LogP contribution in [0.15, 0.2) is 30.3 Å². The second-order valence-electron chi connectivity index (χ2n) is 4.63. The summed E-state index contributed by atoms with van der Waals surface area (Å²) in [5.41, 5.74) is 0. The molecular weight excluding hydrogens is 230 g/mol. The normalized spacial score (nSPS) is 23.4. The molecule has 2 atom stereocenters. The van der Waals surface area contributed by atoms with Gasteiger partial charge in [-0.25, -0.2) is 0 Å². The van der Waals surface area contributed by atoms with E-state index in [1.807, 2.05) is 30.3 Å². The van der Waals surface area contributed by atoms with E-state index in [1.165, 1.54) is 0 Å². The highest BCUT2D eigenvalue weighted by Crippen LogP contribution is 2.18. The fourth-order valence-electron chi connectivity index (χ4n) is 2.19. The molecule has 0 aliphatic heterocycles. The van der Waals surface area contributed by atoms with Gasteiger partial charge in [0.2, 0.25) is 0 Å². The first-order valence-corrected chi connectivity index (χ1v) is 6.41. The number of hydrogen-bond donors (Lipinski definition) is 2. The van der Waals surface area contributed by atoms with Gasteiger partial charge in [0.15, 0.2) is 6.61 Å². The molecule has 0 spiro atoms. The van der Waals surface area contributed by atoms with Crippen molar-refractivity contribution < 1.29 is 14.6 Å². The summed E-state index contributed by atoms with van der Waals surface area (Å²) in [7, 11) is 0. The maximum atomic E-state index is 11.7. The van der Waals surface area contributed by atoms with Gasteiger partial charge < -0.3 is 15.2 Å². The van der Waals surface area contributed by atoms with Crippen LogP contribution in [-0.2, 0) is 4.79 Å². The fraction of sp³-hybridized carbons (Fsp3) is 0.500. The average molecular weight is 249 g/mol. The van der Waals surface area contributed by atoms with Crippen molar-refractivity contribution in [3.8, 4) is 5.75 Å². The molecule has 1 aliphatic carbocycles. The lowest BCUT2D eigenvalue weighted by Crippen LogP contribution is -2.46. The van der Waals surface area contributed by atoms with Crippen molar-refractivity contribution in [2.45, 2.75) is 37.8 Å². The zero-order valence-corrected chi connectivity index (χ0v) is 10.3. The lowest BCUT2D eigenvalue weighted by Gasteiger charge is -2.28. The first-order chi connectivity index (χ1) is 8.75. The van der Waals surface area contributed by atoms with Crippen LogP contribution in [0.1, 0.15) is 25.7 Å². The first-order valence-electron chi connectivity index (χ1n) is 6.41. The summed E-state index contributed by atoms with van der Waals surface area (Å²) in [6.07, 6.45) is 3.29. The number of aliphatic hydroxyl groups excluding tert-OH is 1. The summed E-state index contributed by atoms with van der Waals surface area (Å²) < 4.78 is 5.35. The van der Waals surface area contributed by atoms with Crippen molar-refractivity contribution in [1.82, 2.24) is 5.32 Å². The van der Waals surface area contributed by atoms with E-state index in [1.54, 1.807) is 0 Å². The summed E-state index contributed by atoms with van der Waals surface area (Å²) in [6, 6.07) is 9.11. The molecule has 0 heterocycles. The third-order valence-corrected chi connectivity index (χ3v) is 3.19. The van der Waals surface area contributed by atoms with E-state index in [0.717, 1.165) is 25.7 Å². The predicted octanol–water partition coefficient (Wildman–Crippen LogP) is 1.49. The maximum Gasteiger partial charge on any atom is 0.258 e. The zero-order valence-electron chi connectivity index (χ0n) is 10.3. The number of carbonyl (C=O) groups excluding carboxylic acids is 1. The van der Waals surface area contributed by atoms with Crippen LogP contribution >= 0.6 is 0 Å². The molecule has 98 valence electrons. The minimum absolute atomic E-state index is 0.00671. The maximum absolute atomic E-state index is 11.7. The van der Waals surface area contributed by atoms with Crippen molar-refractivity contribution in [2.75, 3.05) is 6.61 Å². The molecule has 1 fully saturated rings. The van der Waals surface area contributed by atoms with Crippen LogP contribution in [0.4, 0.5) is 0 Å². The Balaban J connectivity index is 1.75. The van der Waals surface area contributed by atoms with E-state index < -0.39 is 6.10 Å². The van der Waals surface area contributed by atoms with Gasteiger partial charge in [0.25, 0.3) is 5.91 Å². The molecule has 1 aromatic carbocycles. The Morgan fingerprint density at radius 3 is 2.72 bits per heavy atom. The Morgan fingerprint density at radius 2 is 2.00 bits per heavy atom. The van der Waals surface area contributed by atoms with Crippen LogP contribution in [0.2, 0.25) is 0 Å². The molecule has 1 saturated carbocycles. The van der Waals surface area contributed by atoms with Gasteiger partial charge in [-0.1, -0.05) is 31.0 Å². The molecule has 2 rings (SSSR count). The van der Waals surface area contributed by atoms with Gasteiger partial charge in [0.05, 0.1) is 12.1 Å². The number of aliphatic hydroxyl groups is 1. The van der Waals surface area contributed by atoms with Crippen LogP contribution in [0.5, 0.6) is 5.75 Å². The SMILES string of the molecule is O=C(COc1ccccc1)N[C@@H]1CCCC[C@H]1O. The van der Waals surface area contributed by atoms with E-state index in [-0.39, 0.29) is 18.6 Å². The van der Waals surface area contributed by atoms with E-state index in [9.17, 15) is 9.90 Å². The molecule has 4 heteroatoms. The Hall–Kier alpha value is -1.55. The topological polar surface area (TPSA) is 58.6 Å². The van der Waals surface area contributed by atoms with Crippen LogP contribution < -0.4 is 10.1 Å². The number of benzene rings is 1. The summed E-state index contributed by atoms with van der Waals surface area (Å²) in [4.78, 5) is 11.7. The van der Waals surface area contributed by atoms with Gasteiger partial charge in [-0.2, -0.15) is 0 Å². The van der Waals surface area contributed by atoms with Crippen LogP contribution in [0, 0.1) is 0 Å². The number of amides is 1. The molecule has 0 saturated heterocycles. The van der Waals surface area contributed by atoms with E-state index in [0.29, 0.717) is 5.75 Å². The quantitative estimate of drug-likeness (QED) is 0.850. The molecule has 1 aromatic rings. The summed E-state index contributed by atoms with van der Waals surface area (Å²) in [6.45, 7) is -0.00671. The molecule has 4 nitrogen and oxygen atoms in total. The zero-order chi connectivity index (χ0) is 12.8. The van der Waals surface area contributed by atoms with Gasteiger partial charge >= 0.3 is 0 Å². The molecule has 0 bridgehead atoms. The van der Waals surface area contributed by atoms with Gasteiger partial charge in [-0.05, 0) is 25.0 Å². The molecular formula is C14H19NO3. The second kappa shape index (κ2) is 6.40. The largest absolute Gasteiger partial charge is 0.484 e. The number of hydrogen-bond acceptors (Lipinski definition) is 3. The Morgan fingerprint density at radius 1 is 1.28 bits per heavy atom. The van der Waals surface area contributed by atoms with Crippen molar-refractivity contribution in [2.24, 2.45) is 0 Å². The lowest BCUT2D eigenvalue weighted by atomic mass is 9.92. The molecule has 18 heavy (non-hydrogen) atoms. The first kappa shape index (κ1) is 12.9. The summed E-state index contributed by atoms with van der Waals surface area (Å²) in [5, 5.41) is 12.6. The molecule has 1 amide bonds. The summed E-state index contributed by atoms with van der Waals surface area (Å²) >= 11 is 0. The minimum atomic E-state index is -0.417. The Kier molecular flexibility index (Phi) is 4.59. The minimum Gasteiger partial charge on any atom is -0.484 e. The third kappa shape index (κ3) is 3.74. The molecule has 1 aliphatic rings. The van der Waals surface area contributed by atoms with Crippen LogP contribution in [-0.4, -0.2) is 29.8 Å². The van der Waals surface area contributed by atoms with Crippen molar-refractivity contribution in [3.05, 3.63) is 30.3 Å². The number of carbonyl (C=O) groups is 1. The monoisotopic (exact) mass is 249 g/mol. The number of rotatable bonds is 4. The molecule has 2 N–H and O–H groups in total. The van der Waals surface area contributed by atoms with Crippen LogP contribution in [0.25, 0.3) is 0 Å². The third-order valence-electron chi connectivity index (χ3n) is 3.19. The number of para-hydroxylation sites is 1. The smallest absolute Gasteiger partial charge is 0.258 e.